The third-order valence-corrected chi connectivity index (χ3v) is 9.92. The molecule has 2 aromatic carbocycles. The summed E-state index contributed by atoms with van der Waals surface area (Å²) in [5, 5.41) is 0.545. The Hall–Kier alpha value is -2.44. The van der Waals surface area contributed by atoms with E-state index in [1.165, 1.54) is 20.0 Å². The number of aromatic nitrogens is 2. The van der Waals surface area contributed by atoms with Gasteiger partial charge in [0.15, 0.2) is 5.03 Å². The molecule has 2 amide bonds. The van der Waals surface area contributed by atoms with Crippen LogP contribution in [0.3, 0.4) is 0 Å². The Balaban J connectivity index is 1.62. The molecule has 5 rings (SSSR count). The molecule has 1 saturated heterocycles. The van der Waals surface area contributed by atoms with E-state index in [1.54, 1.807) is 25.1 Å². The van der Waals surface area contributed by atoms with Gasteiger partial charge in [-0.3, -0.25) is 14.2 Å². The van der Waals surface area contributed by atoms with E-state index in [-0.39, 0.29) is 42.3 Å². The van der Waals surface area contributed by atoms with E-state index < -0.39 is 21.5 Å². The summed E-state index contributed by atoms with van der Waals surface area (Å²) in [5.74, 6) is -1.02. The number of fused-ring (bicyclic) bond motifs is 1. The topological polar surface area (TPSA) is 119 Å². The fraction of sp³-hybridized carbons (Fsp3) is 0.320. The number of hydrogen-bond donors (Lipinski definition) is 1. The van der Waals surface area contributed by atoms with Crippen LogP contribution in [0.25, 0.3) is 0 Å². The van der Waals surface area contributed by atoms with Crippen LogP contribution in [0.2, 0.25) is 10.0 Å². The molecule has 0 bridgehead atoms. The van der Waals surface area contributed by atoms with Crippen LogP contribution in [0.15, 0.2) is 58.2 Å². The van der Waals surface area contributed by atoms with Crippen LogP contribution in [0, 0.1) is 5.92 Å². The van der Waals surface area contributed by atoms with E-state index in [1.807, 2.05) is 24.3 Å². The number of halogens is 3. The van der Waals surface area contributed by atoms with E-state index >= 15 is 0 Å². The van der Waals surface area contributed by atoms with E-state index in [2.05, 4.69) is 20.9 Å². The number of hydrogen-bond acceptors (Lipinski definition) is 5. The summed E-state index contributed by atoms with van der Waals surface area (Å²) >= 11 is 15.9. The van der Waals surface area contributed by atoms with Gasteiger partial charge in [-0.25, -0.2) is 18.3 Å². The largest absolute Gasteiger partial charge is 0.369 e. The van der Waals surface area contributed by atoms with Gasteiger partial charge in [0, 0.05) is 39.9 Å². The second-order valence-corrected chi connectivity index (χ2v) is 13.3. The Kier molecular flexibility index (Phi) is 7.10. The van der Waals surface area contributed by atoms with Crippen molar-refractivity contribution in [1.82, 2.24) is 13.9 Å². The molecule has 2 aliphatic rings. The lowest BCUT2D eigenvalue weighted by Gasteiger charge is -2.31. The predicted octanol–water partition coefficient (Wildman–Crippen LogP) is 4.47. The highest BCUT2D eigenvalue weighted by Crippen LogP contribution is 2.45. The summed E-state index contributed by atoms with van der Waals surface area (Å²) in [4.78, 5) is 31.5. The molecule has 2 N–H and O–H groups in total. The van der Waals surface area contributed by atoms with Gasteiger partial charge in [-0.15, -0.1) is 0 Å². The van der Waals surface area contributed by atoms with Crippen molar-refractivity contribution in [3.63, 3.8) is 0 Å². The zero-order valence-electron chi connectivity index (χ0n) is 20.3. The molecule has 3 heterocycles. The molecule has 1 atom stereocenters. The number of primary amides is 1. The van der Waals surface area contributed by atoms with Crippen molar-refractivity contribution in [2.75, 3.05) is 18.0 Å². The first-order valence-electron chi connectivity index (χ1n) is 11.8. The lowest BCUT2D eigenvalue weighted by atomic mass is 9.92. The second-order valence-electron chi connectivity index (χ2n) is 9.66. The number of nitrogens with zero attached hydrogens (tertiary/aromatic N) is 4. The Morgan fingerprint density at radius 2 is 1.74 bits per heavy atom. The van der Waals surface area contributed by atoms with Gasteiger partial charge in [0.2, 0.25) is 11.9 Å². The number of sulfonamides is 1. The Bertz CT molecular complexity index is 1520. The average molecular weight is 641 g/mol. The monoisotopic (exact) mass is 639 g/mol. The molecule has 1 fully saturated rings. The molecule has 0 spiro atoms. The van der Waals surface area contributed by atoms with Crippen molar-refractivity contribution >= 4 is 72.6 Å². The number of carbonyl (C=O) groups is 2. The molecule has 0 unspecified atom stereocenters. The Labute approximate surface area is 238 Å². The fourth-order valence-electron chi connectivity index (χ4n) is 5.13. The van der Waals surface area contributed by atoms with Crippen molar-refractivity contribution in [2.45, 2.75) is 36.8 Å². The Morgan fingerprint density at radius 3 is 2.32 bits per heavy atom. The third kappa shape index (κ3) is 4.64. The molecular formula is C25H24BrCl2N5O4S. The summed E-state index contributed by atoms with van der Waals surface area (Å²) < 4.78 is 31.5. The number of rotatable bonds is 6. The van der Waals surface area contributed by atoms with Gasteiger partial charge in [-0.2, -0.15) is 4.31 Å². The van der Waals surface area contributed by atoms with Crippen molar-refractivity contribution in [2.24, 2.45) is 11.7 Å². The first-order valence-corrected chi connectivity index (χ1v) is 14.8. The minimum atomic E-state index is -4.07. The number of amides is 2. The van der Waals surface area contributed by atoms with Crippen molar-refractivity contribution in [3.8, 4) is 0 Å². The van der Waals surface area contributed by atoms with E-state index in [0.717, 1.165) is 10.0 Å². The predicted molar refractivity (Wildman–Crippen MR) is 148 cm³/mol. The molecular weight excluding hydrogens is 617 g/mol. The van der Waals surface area contributed by atoms with Crippen LogP contribution in [0.1, 0.15) is 25.3 Å². The van der Waals surface area contributed by atoms with E-state index in [9.17, 15) is 18.0 Å². The highest BCUT2D eigenvalue weighted by molar-refractivity contribution is 9.10. The lowest BCUT2D eigenvalue weighted by Crippen LogP contribution is -2.45. The number of imidazole rings is 1. The number of carbonyl (C=O) groups excluding carboxylic acids is 2. The Morgan fingerprint density at radius 1 is 1.13 bits per heavy atom. The smallest absolute Gasteiger partial charge is 0.260 e. The average Bonchev–Trinajstić information content (AvgIpc) is 3.39. The standard InChI is InChI=1S/C25H24BrCl2N5O4S/c1-25(13-15-2-4-17(26)5-3-15)23(35)32(20-11-18(27)10-19(28)12-20)24-30-14-21(33(24)25)38(36,37)31-8-6-16(7-9-31)22(29)34/h2-5,10-12,14,16H,6-9,13H2,1H3,(H2,29,34)/t25-/m1/s1. The first kappa shape index (κ1) is 27.1. The van der Waals surface area contributed by atoms with Gasteiger partial charge in [0.25, 0.3) is 15.9 Å². The van der Waals surface area contributed by atoms with Gasteiger partial charge in [0.05, 0.1) is 11.9 Å². The van der Waals surface area contributed by atoms with Crippen LogP contribution >= 0.6 is 39.1 Å². The summed E-state index contributed by atoms with van der Waals surface area (Å²) in [6, 6.07) is 12.2. The molecule has 0 aliphatic carbocycles. The van der Waals surface area contributed by atoms with Crippen LogP contribution in [0.5, 0.6) is 0 Å². The van der Waals surface area contributed by atoms with Crippen LogP contribution < -0.4 is 10.6 Å². The van der Waals surface area contributed by atoms with Crippen LogP contribution in [0.4, 0.5) is 11.6 Å². The zero-order valence-corrected chi connectivity index (χ0v) is 24.2. The normalized spacial score (nSPS) is 20.6. The summed E-state index contributed by atoms with van der Waals surface area (Å²) in [7, 11) is -4.07. The third-order valence-electron chi connectivity index (χ3n) is 7.10. The van der Waals surface area contributed by atoms with Crippen molar-refractivity contribution in [3.05, 3.63) is 68.7 Å². The molecule has 0 saturated carbocycles. The van der Waals surface area contributed by atoms with Gasteiger partial charge in [-0.05, 0) is 55.7 Å². The second kappa shape index (κ2) is 9.95. The maximum Gasteiger partial charge on any atom is 0.260 e. The van der Waals surface area contributed by atoms with Gasteiger partial charge in [0.1, 0.15) is 5.54 Å². The molecule has 38 heavy (non-hydrogen) atoms. The van der Waals surface area contributed by atoms with Gasteiger partial charge < -0.3 is 5.73 Å². The summed E-state index contributed by atoms with van der Waals surface area (Å²) in [6.45, 7) is 1.98. The number of anilines is 2. The lowest BCUT2D eigenvalue weighted by molar-refractivity contribution is -0.124. The SMILES string of the molecule is C[C@@]1(Cc2ccc(Br)cc2)C(=O)N(c2cc(Cl)cc(Cl)c2)c2ncc(S(=O)(=O)N3CCC(C(N)=O)CC3)n21. The number of benzene rings is 2. The molecule has 13 heteroatoms. The molecule has 3 aromatic rings. The van der Waals surface area contributed by atoms with Gasteiger partial charge >= 0.3 is 0 Å². The minimum absolute atomic E-state index is 0.103. The van der Waals surface area contributed by atoms with Crippen molar-refractivity contribution in [1.29, 1.82) is 0 Å². The molecule has 1 aromatic heterocycles. The molecule has 9 nitrogen and oxygen atoms in total. The van der Waals surface area contributed by atoms with E-state index in [0.29, 0.717) is 28.6 Å². The zero-order chi connectivity index (χ0) is 27.4. The molecule has 200 valence electrons. The van der Waals surface area contributed by atoms with Crippen LogP contribution in [-0.4, -0.2) is 47.2 Å². The van der Waals surface area contributed by atoms with Crippen molar-refractivity contribution < 1.29 is 18.0 Å². The summed E-state index contributed by atoms with van der Waals surface area (Å²) in [6.07, 6.45) is 2.14. The molecule has 0 radical (unpaired) electrons. The highest BCUT2D eigenvalue weighted by atomic mass is 79.9. The summed E-state index contributed by atoms with van der Waals surface area (Å²) in [5.41, 5.74) is 5.31. The fourth-order valence-corrected chi connectivity index (χ4v) is 7.56. The maximum absolute atomic E-state index is 14.1. The minimum Gasteiger partial charge on any atom is -0.369 e. The molecule has 2 aliphatic heterocycles. The first-order chi connectivity index (χ1) is 17.9. The number of nitrogens with two attached hydrogens (primary N) is 1. The van der Waals surface area contributed by atoms with E-state index in [4.69, 9.17) is 28.9 Å². The quantitative estimate of drug-likeness (QED) is 0.426. The highest BCUT2D eigenvalue weighted by Gasteiger charge is 2.52. The number of piperidine rings is 1. The maximum atomic E-state index is 14.1. The van der Waals surface area contributed by atoms with Crippen LogP contribution in [-0.2, 0) is 31.6 Å². The van der Waals surface area contributed by atoms with Gasteiger partial charge in [-0.1, -0.05) is 51.3 Å².